The summed E-state index contributed by atoms with van der Waals surface area (Å²) < 4.78 is 5.23. The summed E-state index contributed by atoms with van der Waals surface area (Å²) in [4.78, 5) is 18.5. The van der Waals surface area contributed by atoms with E-state index in [4.69, 9.17) is 4.74 Å². The molecule has 0 aliphatic carbocycles. The third-order valence-corrected chi connectivity index (χ3v) is 3.31. The van der Waals surface area contributed by atoms with Crippen LogP contribution in [0.4, 0.5) is 5.69 Å². The molecule has 0 aliphatic rings. The van der Waals surface area contributed by atoms with E-state index in [2.05, 4.69) is 10.3 Å². The molecule has 1 heterocycles. The van der Waals surface area contributed by atoms with Gasteiger partial charge in [-0.3, -0.25) is 14.7 Å². The normalized spacial score (nSPS) is 10.5. The van der Waals surface area contributed by atoms with Gasteiger partial charge in [0.1, 0.15) is 5.75 Å². The van der Waals surface area contributed by atoms with Crippen molar-refractivity contribution in [1.82, 2.24) is 9.88 Å². The van der Waals surface area contributed by atoms with Crippen molar-refractivity contribution in [1.29, 1.82) is 0 Å². The fourth-order valence-electron chi connectivity index (χ4n) is 2.14. The van der Waals surface area contributed by atoms with Crippen molar-refractivity contribution in [3.05, 3.63) is 54.4 Å². The van der Waals surface area contributed by atoms with Crippen molar-refractivity contribution in [3.63, 3.8) is 0 Å². The number of ether oxygens (including phenoxy) is 1. The smallest absolute Gasteiger partial charge is 0.238 e. The molecular weight excluding hydrogens is 278 g/mol. The minimum atomic E-state index is -0.0673. The first-order valence-corrected chi connectivity index (χ1v) is 7.28. The first kappa shape index (κ1) is 16.0. The molecule has 5 nitrogen and oxygen atoms in total. The standard InChI is InChI=1S/C17H21N3O2/c1-3-20(12-14-8-6-7-11-18-14)13-17(21)19-15-9-4-5-10-16(15)22-2/h4-11H,3,12-13H2,1-2H3,(H,19,21). The number of aromatic nitrogens is 1. The first-order chi connectivity index (χ1) is 10.7. The lowest BCUT2D eigenvalue weighted by molar-refractivity contribution is -0.117. The van der Waals surface area contributed by atoms with E-state index in [0.29, 0.717) is 24.5 Å². The van der Waals surface area contributed by atoms with Crippen LogP contribution in [-0.4, -0.2) is 36.0 Å². The molecule has 0 radical (unpaired) electrons. The molecule has 1 aromatic carbocycles. The van der Waals surface area contributed by atoms with Crippen LogP contribution in [0.1, 0.15) is 12.6 Å². The van der Waals surface area contributed by atoms with E-state index in [1.165, 1.54) is 0 Å². The summed E-state index contributed by atoms with van der Waals surface area (Å²) in [5.41, 5.74) is 1.64. The number of carbonyl (C=O) groups excluding carboxylic acids is 1. The third-order valence-electron chi connectivity index (χ3n) is 3.31. The maximum absolute atomic E-state index is 12.2. The lowest BCUT2D eigenvalue weighted by Crippen LogP contribution is -2.33. The third kappa shape index (κ3) is 4.56. The summed E-state index contributed by atoms with van der Waals surface area (Å²) in [6.07, 6.45) is 1.76. The van der Waals surface area contributed by atoms with E-state index in [1.54, 1.807) is 13.3 Å². The molecule has 1 aromatic heterocycles. The highest BCUT2D eigenvalue weighted by molar-refractivity contribution is 5.93. The van der Waals surface area contributed by atoms with Crippen LogP contribution in [0.3, 0.4) is 0 Å². The van der Waals surface area contributed by atoms with Crippen LogP contribution < -0.4 is 10.1 Å². The van der Waals surface area contributed by atoms with Gasteiger partial charge in [-0.05, 0) is 30.8 Å². The van der Waals surface area contributed by atoms with Gasteiger partial charge in [0.05, 0.1) is 25.0 Å². The average molecular weight is 299 g/mol. The summed E-state index contributed by atoms with van der Waals surface area (Å²) in [5, 5.41) is 2.89. The van der Waals surface area contributed by atoms with Crippen LogP contribution in [0.5, 0.6) is 5.75 Å². The van der Waals surface area contributed by atoms with Gasteiger partial charge in [-0.15, -0.1) is 0 Å². The topological polar surface area (TPSA) is 54.5 Å². The highest BCUT2D eigenvalue weighted by atomic mass is 16.5. The van der Waals surface area contributed by atoms with Crippen molar-refractivity contribution < 1.29 is 9.53 Å². The van der Waals surface area contributed by atoms with Gasteiger partial charge in [0.25, 0.3) is 0 Å². The van der Waals surface area contributed by atoms with Gasteiger partial charge in [0.15, 0.2) is 0 Å². The molecular formula is C17H21N3O2. The molecule has 0 fully saturated rings. The number of methoxy groups -OCH3 is 1. The Labute approximate surface area is 130 Å². The molecule has 0 unspecified atom stereocenters. The maximum Gasteiger partial charge on any atom is 0.238 e. The van der Waals surface area contributed by atoms with Gasteiger partial charge in [0.2, 0.25) is 5.91 Å². The van der Waals surface area contributed by atoms with E-state index in [-0.39, 0.29) is 5.91 Å². The number of hydrogen-bond acceptors (Lipinski definition) is 4. The molecule has 0 atom stereocenters. The van der Waals surface area contributed by atoms with Crippen LogP contribution in [0, 0.1) is 0 Å². The number of hydrogen-bond donors (Lipinski definition) is 1. The maximum atomic E-state index is 12.2. The van der Waals surface area contributed by atoms with Gasteiger partial charge in [-0.25, -0.2) is 0 Å². The molecule has 22 heavy (non-hydrogen) atoms. The highest BCUT2D eigenvalue weighted by Gasteiger charge is 2.12. The van der Waals surface area contributed by atoms with Crippen LogP contribution in [0.15, 0.2) is 48.7 Å². The zero-order valence-corrected chi connectivity index (χ0v) is 13.0. The Hall–Kier alpha value is -2.40. The van der Waals surface area contributed by atoms with E-state index in [9.17, 15) is 4.79 Å². The highest BCUT2D eigenvalue weighted by Crippen LogP contribution is 2.22. The summed E-state index contributed by atoms with van der Waals surface area (Å²) in [7, 11) is 1.59. The predicted octanol–water partition coefficient (Wildman–Crippen LogP) is 2.55. The van der Waals surface area contributed by atoms with E-state index in [1.807, 2.05) is 54.3 Å². The van der Waals surface area contributed by atoms with Crippen LogP contribution in [0.25, 0.3) is 0 Å². The fraction of sp³-hybridized carbons (Fsp3) is 0.294. The van der Waals surface area contributed by atoms with Crippen molar-refractivity contribution in [2.45, 2.75) is 13.5 Å². The quantitative estimate of drug-likeness (QED) is 0.853. The Morgan fingerprint density at radius 3 is 2.68 bits per heavy atom. The Balaban J connectivity index is 1.94. The number of benzene rings is 1. The van der Waals surface area contributed by atoms with Gasteiger partial charge in [-0.2, -0.15) is 0 Å². The molecule has 0 saturated heterocycles. The van der Waals surface area contributed by atoms with E-state index >= 15 is 0 Å². The number of rotatable bonds is 7. The minimum Gasteiger partial charge on any atom is -0.495 e. The van der Waals surface area contributed by atoms with Crippen LogP contribution in [0.2, 0.25) is 0 Å². The lowest BCUT2D eigenvalue weighted by atomic mass is 10.3. The Morgan fingerprint density at radius 1 is 1.23 bits per heavy atom. The zero-order valence-electron chi connectivity index (χ0n) is 13.0. The number of anilines is 1. The van der Waals surface area contributed by atoms with Crippen molar-refractivity contribution in [2.24, 2.45) is 0 Å². The number of para-hydroxylation sites is 2. The van der Waals surface area contributed by atoms with Crippen molar-refractivity contribution in [3.8, 4) is 5.75 Å². The average Bonchev–Trinajstić information content (AvgIpc) is 2.55. The SMILES string of the molecule is CCN(CC(=O)Nc1ccccc1OC)Cc1ccccn1. The number of nitrogens with zero attached hydrogens (tertiary/aromatic N) is 2. The molecule has 2 aromatic rings. The molecule has 116 valence electrons. The van der Waals surface area contributed by atoms with Crippen LogP contribution in [-0.2, 0) is 11.3 Å². The van der Waals surface area contributed by atoms with E-state index in [0.717, 1.165) is 12.2 Å². The van der Waals surface area contributed by atoms with Gasteiger partial charge in [0, 0.05) is 12.7 Å². The van der Waals surface area contributed by atoms with Crippen molar-refractivity contribution in [2.75, 3.05) is 25.5 Å². The van der Waals surface area contributed by atoms with Gasteiger partial charge < -0.3 is 10.1 Å². The van der Waals surface area contributed by atoms with Crippen molar-refractivity contribution >= 4 is 11.6 Å². The molecule has 1 amide bonds. The number of nitrogens with one attached hydrogen (secondary N) is 1. The molecule has 1 N–H and O–H groups in total. The largest absolute Gasteiger partial charge is 0.495 e. The van der Waals surface area contributed by atoms with Crippen LogP contribution >= 0.6 is 0 Å². The summed E-state index contributed by atoms with van der Waals surface area (Å²) in [5.74, 6) is 0.589. The molecule has 0 saturated carbocycles. The Morgan fingerprint density at radius 2 is 2.00 bits per heavy atom. The fourth-order valence-corrected chi connectivity index (χ4v) is 2.14. The summed E-state index contributed by atoms with van der Waals surface area (Å²) >= 11 is 0. The number of amides is 1. The van der Waals surface area contributed by atoms with E-state index < -0.39 is 0 Å². The second kappa shape index (κ2) is 8.14. The molecule has 0 spiro atoms. The molecule has 0 bridgehead atoms. The Kier molecular flexibility index (Phi) is 5.91. The predicted molar refractivity (Wildman–Crippen MR) is 86.8 cm³/mol. The summed E-state index contributed by atoms with van der Waals surface area (Å²) in [6.45, 7) is 3.76. The number of carbonyl (C=O) groups is 1. The van der Waals surface area contributed by atoms with Gasteiger partial charge >= 0.3 is 0 Å². The number of pyridine rings is 1. The second-order valence-corrected chi connectivity index (χ2v) is 4.87. The molecule has 0 aliphatic heterocycles. The Bertz CT molecular complexity index is 602. The lowest BCUT2D eigenvalue weighted by Gasteiger charge is -2.19. The monoisotopic (exact) mass is 299 g/mol. The number of likely N-dealkylation sites (N-methyl/N-ethyl adjacent to an activating group) is 1. The zero-order chi connectivity index (χ0) is 15.8. The minimum absolute atomic E-state index is 0.0673. The molecule has 5 heteroatoms. The second-order valence-electron chi connectivity index (χ2n) is 4.87. The van der Waals surface area contributed by atoms with Gasteiger partial charge in [-0.1, -0.05) is 25.1 Å². The molecule has 2 rings (SSSR count). The first-order valence-electron chi connectivity index (χ1n) is 7.28. The summed E-state index contributed by atoms with van der Waals surface area (Å²) in [6, 6.07) is 13.2.